The Bertz CT molecular complexity index is 1040. The summed E-state index contributed by atoms with van der Waals surface area (Å²) in [5, 5.41) is 1.96. The van der Waals surface area contributed by atoms with Gasteiger partial charge in [0, 0.05) is 26.1 Å². The van der Waals surface area contributed by atoms with E-state index in [4.69, 9.17) is 9.47 Å². The second-order valence-electron chi connectivity index (χ2n) is 8.09. The fourth-order valence-electron chi connectivity index (χ4n) is 3.92. The Balaban J connectivity index is 1.42. The molecule has 1 aromatic heterocycles. The van der Waals surface area contributed by atoms with E-state index in [0.717, 1.165) is 41.2 Å². The first-order chi connectivity index (χ1) is 15.6. The molecule has 0 aliphatic carbocycles. The standard InChI is InChI=1S/C26H28FNO3S/c1-19-12-15-32-25(19)26(29)28(18-23-9-5-13-30-23)17-20-6-4-8-22(16-20)31-14-11-21-7-2-3-10-24(21)27/h2-4,6-8,10,12,15-16,23H,5,9,11,13-14,17-18H2,1H3. The summed E-state index contributed by atoms with van der Waals surface area (Å²) >= 11 is 1.48. The van der Waals surface area contributed by atoms with Gasteiger partial charge in [0.2, 0.25) is 0 Å². The Morgan fingerprint density at radius 1 is 1.22 bits per heavy atom. The highest BCUT2D eigenvalue weighted by Gasteiger charge is 2.25. The van der Waals surface area contributed by atoms with Crippen LogP contribution in [0.5, 0.6) is 5.75 Å². The van der Waals surface area contributed by atoms with E-state index in [1.807, 2.05) is 53.6 Å². The quantitative estimate of drug-likeness (QED) is 0.421. The largest absolute Gasteiger partial charge is 0.493 e. The van der Waals surface area contributed by atoms with E-state index in [1.165, 1.54) is 17.4 Å². The SMILES string of the molecule is Cc1ccsc1C(=O)N(Cc1cccc(OCCc2ccccc2F)c1)CC1CCCO1. The first-order valence-corrected chi connectivity index (χ1v) is 11.9. The average Bonchev–Trinajstić information content (AvgIpc) is 3.46. The lowest BCUT2D eigenvalue weighted by Crippen LogP contribution is -2.36. The minimum absolute atomic E-state index is 0.0406. The van der Waals surface area contributed by atoms with Crippen molar-refractivity contribution in [2.75, 3.05) is 19.8 Å². The van der Waals surface area contributed by atoms with E-state index < -0.39 is 0 Å². The van der Waals surface area contributed by atoms with Crippen LogP contribution in [0.2, 0.25) is 0 Å². The zero-order valence-corrected chi connectivity index (χ0v) is 19.1. The number of rotatable bonds is 9. The van der Waals surface area contributed by atoms with Gasteiger partial charge in [-0.25, -0.2) is 4.39 Å². The zero-order chi connectivity index (χ0) is 22.3. The third-order valence-corrected chi connectivity index (χ3v) is 6.67. The van der Waals surface area contributed by atoms with E-state index in [9.17, 15) is 9.18 Å². The summed E-state index contributed by atoms with van der Waals surface area (Å²) in [5.41, 5.74) is 2.64. The van der Waals surface area contributed by atoms with Gasteiger partial charge < -0.3 is 14.4 Å². The van der Waals surface area contributed by atoms with Crippen LogP contribution in [-0.4, -0.2) is 36.7 Å². The molecule has 0 spiro atoms. The minimum Gasteiger partial charge on any atom is -0.493 e. The van der Waals surface area contributed by atoms with Crippen LogP contribution in [0, 0.1) is 12.7 Å². The van der Waals surface area contributed by atoms with E-state index in [1.54, 1.807) is 12.1 Å². The first kappa shape index (κ1) is 22.5. The summed E-state index contributed by atoms with van der Waals surface area (Å²) in [7, 11) is 0. The summed E-state index contributed by atoms with van der Waals surface area (Å²) in [6.45, 7) is 4.18. The molecule has 1 aliphatic rings. The third kappa shape index (κ3) is 5.75. The topological polar surface area (TPSA) is 38.8 Å². The van der Waals surface area contributed by atoms with Crippen molar-refractivity contribution >= 4 is 17.2 Å². The molecule has 0 radical (unpaired) electrons. The molecule has 2 aromatic carbocycles. The van der Waals surface area contributed by atoms with Crippen LogP contribution in [0.15, 0.2) is 60.0 Å². The van der Waals surface area contributed by atoms with Gasteiger partial charge in [-0.2, -0.15) is 0 Å². The van der Waals surface area contributed by atoms with E-state index in [-0.39, 0.29) is 17.8 Å². The fraction of sp³-hybridized carbons (Fsp3) is 0.346. The summed E-state index contributed by atoms with van der Waals surface area (Å²) < 4.78 is 25.5. The number of carbonyl (C=O) groups excluding carboxylic acids is 1. The van der Waals surface area contributed by atoms with Gasteiger partial charge in [-0.1, -0.05) is 30.3 Å². The van der Waals surface area contributed by atoms with Gasteiger partial charge >= 0.3 is 0 Å². The zero-order valence-electron chi connectivity index (χ0n) is 18.3. The summed E-state index contributed by atoms with van der Waals surface area (Å²) in [6.07, 6.45) is 2.60. The molecule has 1 amide bonds. The molecule has 1 unspecified atom stereocenters. The molecule has 32 heavy (non-hydrogen) atoms. The molecule has 0 N–H and O–H groups in total. The Labute approximate surface area is 192 Å². The predicted molar refractivity (Wildman–Crippen MR) is 125 cm³/mol. The molecule has 3 aromatic rings. The average molecular weight is 454 g/mol. The lowest BCUT2D eigenvalue weighted by Gasteiger charge is -2.25. The molecule has 0 saturated carbocycles. The Morgan fingerprint density at radius 3 is 2.84 bits per heavy atom. The summed E-state index contributed by atoms with van der Waals surface area (Å²) in [5.74, 6) is 0.548. The molecule has 1 aliphatic heterocycles. The number of benzene rings is 2. The van der Waals surface area contributed by atoms with E-state index >= 15 is 0 Å². The third-order valence-electron chi connectivity index (χ3n) is 5.66. The number of ether oxygens (including phenoxy) is 2. The van der Waals surface area contributed by atoms with Gasteiger partial charge in [-0.15, -0.1) is 11.3 Å². The maximum absolute atomic E-state index is 13.8. The highest BCUT2D eigenvalue weighted by molar-refractivity contribution is 7.12. The van der Waals surface area contributed by atoms with Gasteiger partial charge in [0.15, 0.2) is 0 Å². The fourth-order valence-corrected chi connectivity index (χ4v) is 4.81. The van der Waals surface area contributed by atoms with Gasteiger partial charge in [-0.3, -0.25) is 4.79 Å². The monoisotopic (exact) mass is 453 g/mol. The summed E-state index contributed by atoms with van der Waals surface area (Å²) in [6, 6.07) is 16.5. The molecule has 1 saturated heterocycles. The summed E-state index contributed by atoms with van der Waals surface area (Å²) in [4.78, 5) is 15.9. The Kier molecular flexibility index (Phi) is 7.55. The van der Waals surface area contributed by atoms with Gasteiger partial charge in [0.25, 0.3) is 5.91 Å². The van der Waals surface area contributed by atoms with Crippen molar-refractivity contribution in [1.82, 2.24) is 4.90 Å². The molecule has 1 atom stereocenters. The number of hydrogen-bond acceptors (Lipinski definition) is 4. The lowest BCUT2D eigenvalue weighted by molar-refractivity contribution is 0.0510. The van der Waals surface area contributed by atoms with Crippen LogP contribution in [0.4, 0.5) is 4.39 Å². The molecule has 6 heteroatoms. The second kappa shape index (κ2) is 10.7. The normalized spacial score (nSPS) is 15.6. The number of thiophene rings is 1. The van der Waals surface area contributed by atoms with Crippen molar-refractivity contribution < 1.29 is 18.7 Å². The van der Waals surface area contributed by atoms with Gasteiger partial charge in [0.1, 0.15) is 11.6 Å². The number of amides is 1. The molecule has 4 rings (SSSR count). The van der Waals surface area contributed by atoms with Crippen molar-refractivity contribution in [2.24, 2.45) is 0 Å². The second-order valence-corrected chi connectivity index (χ2v) is 9.01. The minimum atomic E-state index is -0.211. The molecule has 0 bridgehead atoms. The molecule has 4 nitrogen and oxygen atoms in total. The maximum Gasteiger partial charge on any atom is 0.264 e. The molecule has 1 fully saturated rings. The number of hydrogen-bond donors (Lipinski definition) is 0. The van der Waals surface area contributed by atoms with Crippen LogP contribution in [0.3, 0.4) is 0 Å². The van der Waals surface area contributed by atoms with E-state index in [0.29, 0.717) is 31.7 Å². The lowest BCUT2D eigenvalue weighted by atomic mass is 10.1. The van der Waals surface area contributed by atoms with Crippen molar-refractivity contribution in [1.29, 1.82) is 0 Å². The number of nitrogens with zero attached hydrogens (tertiary/aromatic N) is 1. The van der Waals surface area contributed by atoms with Crippen LogP contribution < -0.4 is 4.74 Å². The highest BCUT2D eigenvalue weighted by Crippen LogP contribution is 2.23. The Hall–Kier alpha value is -2.70. The number of aryl methyl sites for hydroxylation is 1. The van der Waals surface area contributed by atoms with Gasteiger partial charge in [0.05, 0.1) is 17.6 Å². The van der Waals surface area contributed by atoms with Crippen LogP contribution >= 0.6 is 11.3 Å². The molecular formula is C26H28FNO3S. The van der Waals surface area contributed by atoms with Crippen molar-refractivity contribution in [2.45, 2.75) is 38.8 Å². The number of carbonyl (C=O) groups is 1. The molecule has 168 valence electrons. The maximum atomic E-state index is 13.8. The van der Waals surface area contributed by atoms with Gasteiger partial charge in [-0.05, 0) is 66.1 Å². The first-order valence-electron chi connectivity index (χ1n) is 11.0. The van der Waals surface area contributed by atoms with Crippen LogP contribution in [0.1, 0.15) is 39.2 Å². The van der Waals surface area contributed by atoms with Crippen LogP contribution in [-0.2, 0) is 17.7 Å². The Morgan fingerprint density at radius 2 is 2.09 bits per heavy atom. The number of halogens is 1. The van der Waals surface area contributed by atoms with Crippen molar-refractivity contribution in [3.63, 3.8) is 0 Å². The predicted octanol–water partition coefficient (Wildman–Crippen LogP) is 5.64. The smallest absolute Gasteiger partial charge is 0.264 e. The molecule has 2 heterocycles. The highest BCUT2D eigenvalue weighted by atomic mass is 32.1. The molecular weight excluding hydrogens is 425 g/mol. The van der Waals surface area contributed by atoms with Crippen LogP contribution in [0.25, 0.3) is 0 Å². The van der Waals surface area contributed by atoms with Crippen molar-refractivity contribution in [3.05, 3.63) is 87.4 Å². The van der Waals surface area contributed by atoms with E-state index in [2.05, 4.69) is 0 Å². The van der Waals surface area contributed by atoms with Crippen molar-refractivity contribution in [3.8, 4) is 5.75 Å².